The van der Waals surface area contributed by atoms with Crippen LogP contribution in [0, 0.1) is 0 Å². The Balaban J connectivity index is 0. The van der Waals surface area contributed by atoms with E-state index in [2.05, 4.69) is 6.92 Å². The van der Waals surface area contributed by atoms with E-state index in [1.54, 1.807) is 0 Å². The van der Waals surface area contributed by atoms with Crippen molar-refractivity contribution in [3.8, 4) is 0 Å². The molecule has 0 bridgehead atoms. The van der Waals surface area contributed by atoms with Gasteiger partial charge in [0.05, 0.1) is 5.75 Å². The quantitative estimate of drug-likeness (QED) is 0.523. The maximum atomic E-state index is 10.3. The predicted molar refractivity (Wildman–Crippen MR) is 52.3 cm³/mol. The van der Waals surface area contributed by atoms with E-state index in [0.29, 0.717) is 6.42 Å². The topological polar surface area (TPSA) is 54.4 Å². The molecular weight excluding hydrogens is 195 g/mol. The maximum absolute atomic E-state index is 10.3. The fourth-order valence-corrected chi connectivity index (χ4v) is 1.63. The van der Waals surface area contributed by atoms with Gasteiger partial charge < -0.3 is 0 Å². The van der Waals surface area contributed by atoms with E-state index in [1.807, 2.05) is 0 Å². The standard InChI is InChI=1S/C8H18O3S.FH/c1-2-3-4-5-6-7-8-12(9,10)11;/h2-8H2,1H3,(H,9,10,11);1H. The largest absolute Gasteiger partial charge is 0.286 e. The second-order valence-electron chi connectivity index (χ2n) is 3.05. The summed E-state index contributed by atoms with van der Waals surface area (Å²) in [4.78, 5) is 0. The van der Waals surface area contributed by atoms with Crippen LogP contribution >= 0.6 is 0 Å². The lowest BCUT2D eigenvalue weighted by Gasteiger charge is -1.98. The summed E-state index contributed by atoms with van der Waals surface area (Å²) in [7, 11) is -3.72. The van der Waals surface area contributed by atoms with Gasteiger partial charge in [0.2, 0.25) is 0 Å². The van der Waals surface area contributed by atoms with Crippen molar-refractivity contribution in [2.24, 2.45) is 0 Å². The monoisotopic (exact) mass is 214 g/mol. The van der Waals surface area contributed by atoms with E-state index in [0.717, 1.165) is 12.8 Å². The van der Waals surface area contributed by atoms with E-state index < -0.39 is 10.1 Å². The number of halogens is 1. The fraction of sp³-hybridized carbons (Fsp3) is 1.00. The van der Waals surface area contributed by atoms with Gasteiger partial charge in [-0.05, 0) is 6.42 Å². The van der Waals surface area contributed by atoms with Crippen LogP contribution in [-0.2, 0) is 10.1 Å². The zero-order valence-corrected chi connectivity index (χ0v) is 8.85. The van der Waals surface area contributed by atoms with Gasteiger partial charge in [-0.15, -0.1) is 0 Å². The Morgan fingerprint density at radius 3 is 1.92 bits per heavy atom. The summed E-state index contributed by atoms with van der Waals surface area (Å²) in [6.45, 7) is 2.14. The van der Waals surface area contributed by atoms with E-state index in [4.69, 9.17) is 4.55 Å². The lowest BCUT2D eigenvalue weighted by molar-refractivity contribution is 0.478. The number of hydrogen-bond donors (Lipinski definition) is 1. The summed E-state index contributed by atoms with van der Waals surface area (Å²) < 4.78 is 28.9. The molecule has 0 aromatic rings. The number of hydrogen-bond acceptors (Lipinski definition) is 2. The molecule has 0 spiro atoms. The van der Waals surface area contributed by atoms with Gasteiger partial charge in [-0.2, -0.15) is 8.42 Å². The first kappa shape index (κ1) is 15.3. The lowest BCUT2D eigenvalue weighted by Crippen LogP contribution is -2.03. The summed E-state index contributed by atoms with van der Waals surface area (Å²) in [6, 6.07) is 0. The third-order valence-electron chi connectivity index (χ3n) is 1.76. The molecular formula is C8H19FO3S. The predicted octanol–water partition coefficient (Wildman–Crippen LogP) is 2.39. The Hall–Kier alpha value is -0.160. The maximum Gasteiger partial charge on any atom is 0.264 e. The van der Waals surface area contributed by atoms with Crippen LogP contribution in [0.2, 0.25) is 0 Å². The Morgan fingerprint density at radius 1 is 1.00 bits per heavy atom. The average Bonchev–Trinajstić information content (AvgIpc) is 1.94. The van der Waals surface area contributed by atoms with Gasteiger partial charge in [0.25, 0.3) is 10.1 Å². The highest BCUT2D eigenvalue weighted by Crippen LogP contribution is 2.05. The van der Waals surface area contributed by atoms with Crippen molar-refractivity contribution in [2.45, 2.75) is 45.4 Å². The van der Waals surface area contributed by atoms with Crippen molar-refractivity contribution in [3.05, 3.63) is 0 Å². The van der Waals surface area contributed by atoms with Gasteiger partial charge in [-0.1, -0.05) is 39.0 Å². The minimum Gasteiger partial charge on any atom is -0.286 e. The molecule has 0 atom stereocenters. The first-order valence-electron chi connectivity index (χ1n) is 4.51. The Bertz CT molecular complexity index is 190. The SMILES string of the molecule is CCCCCCCCS(=O)(=O)O.F. The second kappa shape index (κ2) is 8.44. The molecule has 0 heterocycles. The van der Waals surface area contributed by atoms with Crippen LogP contribution in [0.1, 0.15) is 45.4 Å². The third kappa shape index (κ3) is 14.7. The normalized spacial score (nSPS) is 10.9. The molecule has 0 saturated heterocycles. The molecule has 5 heteroatoms. The molecule has 0 saturated carbocycles. The summed E-state index contributed by atoms with van der Waals surface area (Å²) >= 11 is 0. The van der Waals surface area contributed by atoms with Crippen LogP contribution in [0.4, 0.5) is 4.70 Å². The van der Waals surface area contributed by atoms with Crippen LogP contribution < -0.4 is 0 Å². The van der Waals surface area contributed by atoms with Gasteiger partial charge in [-0.3, -0.25) is 9.26 Å². The Kier molecular flexibility index (Phi) is 9.94. The van der Waals surface area contributed by atoms with Crippen LogP contribution in [-0.4, -0.2) is 18.7 Å². The van der Waals surface area contributed by atoms with Gasteiger partial charge >= 0.3 is 0 Å². The van der Waals surface area contributed by atoms with Crippen LogP contribution in [0.5, 0.6) is 0 Å². The first-order chi connectivity index (χ1) is 5.56. The fourth-order valence-electron chi connectivity index (χ4n) is 1.06. The average molecular weight is 214 g/mol. The first-order valence-corrected chi connectivity index (χ1v) is 6.12. The van der Waals surface area contributed by atoms with E-state index in [-0.39, 0.29) is 10.5 Å². The molecule has 0 aromatic carbocycles. The zero-order chi connectivity index (χ0) is 9.45. The highest BCUT2D eigenvalue weighted by atomic mass is 32.2. The zero-order valence-electron chi connectivity index (χ0n) is 8.03. The minimum absolute atomic E-state index is 0. The summed E-state index contributed by atoms with van der Waals surface area (Å²) in [6.07, 6.45) is 6.14. The summed E-state index contributed by atoms with van der Waals surface area (Å²) in [5.41, 5.74) is 0. The molecule has 3 nitrogen and oxygen atoms in total. The van der Waals surface area contributed by atoms with Crippen molar-refractivity contribution < 1.29 is 17.7 Å². The molecule has 0 radical (unpaired) electrons. The van der Waals surface area contributed by atoms with Crippen LogP contribution in [0.15, 0.2) is 0 Å². The lowest BCUT2D eigenvalue weighted by atomic mass is 10.1. The molecule has 0 aliphatic rings. The highest BCUT2D eigenvalue weighted by molar-refractivity contribution is 7.85. The van der Waals surface area contributed by atoms with Gasteiger partial charge in [-0.25, -0.2) is 0 Å². The molecule has 82 valence electrons. The molecule has 0 aliphatic heterocycles. The Morgan fingerprint density at radius 2 is 1.46 bits per heavy atom. The molecule has 0 aromatic heterocycles. The summed E-state index contributed by atoms with van der Waals surface area (Å²) in [5, 5.41) is 0. The van der Waals surface area contributed by atoms with Crippen LogP contribution in [0.25, 0.3) is 0 Å². The number of unbranched alkanes of at least 4 members (excludes halogenated alkanes) is 5. The molecule has 0 amide bonds. The van der Waals surface area contributed by atoms with Crippen molar-refractivity contribution in [2.75, 3.05) is 5.75 Å². The van der Waals surface area contributed by atoms with Crippen molar-refractivity contribution in [1.82, 2.24) is 0 Å². The van der Waals surface area contributed by atoms with E-state index in [9.17, 15) is 8.42 Å². The van der Waals surface area contributed by atoms with Crippen molar-refractivity contribution >= 4 is 10.1 Å². The molecule has 0 unspecified atom stereocenters. The van der Waals surface area contributed by atoms with E-state index in [1.165, 1.54) is 19.3 Å². The Labute approximate surface area is 79.7 Å². The summed E-state index contributed by atoms with van der Waals surface area (Å²) in [5.74, 6) is -0.0842. The van der Waals surface area contributed by atoms with Gasteiger partial charge in [0, 0.05) is 0 Å². The smallest absolute Gasteiger partial charge is 0.264 e. The highest BCUT2D eigenvalue weighted by Gasteiger charge is 2.02. The molecule has 0 fully saturated rings. The second-order valence-corrected chi connectivity index (χ2v) is 4.63. The molecule has 13 heavy (non-hydrogen) atoms. The van der Waals surface area contributed by atoms with Crippen molar-refractivity contribution in [1.29, 1.82) is 0 Å². The molecule has 1 N–H and O–H groups in total. The van der Waals surface area contributed by atoms with Gasteiger partial charge in [0.15, 0.2) is 0 Å². The van der Waals surface area contributed by atoms with E-state index >= 15 is 0 Å². The van der Waals surface area contributed by atoms with Crippen LogP contribution in [0.3, 0.4) is 0 Å². The molecule has 0 rings (SSSR count). The molecule has 0 aliphatic carbocycles. The minimum atomic E-state index is -3.72. The number of rotatable bonds is 7. The van der Waals surface area contributed by atoms with Crippen molar-refractivity contribution in [3.63, 3.8) is 0 Å². The third-order valence-corrected chi connectivity index (χ3v) is 2.56. The van der Waals surface area contributed by atoms with Gasteiger partial charge in [0.1, 0.15) is 0 Å².